The molecule has 3 rings (SSSR count). The van der Waals surface area contributed by atoms with Crippen LogP contribution in [0.5, 0.6) is 11.5 Å². The molecule has 1 amide bonds. The Bertz CT molecular complexity index is 787. The molecule has 7 heteroatoms. The number of rotatable bonds is 11. The molecule has 2 aromatic carbocycles. The highest BCUT2D eigenvalue weighted by Crippen LogP contribution is 2.34. The third kappa shape index (κ3) is 5.19. The normalized spacial score (nSPS) is 13.9. The van der Waals surface area contributed by atoms with E-state index >= 15 is 0 Å². The number of nitrogens with zero attached hydrogens (tertiary/aromatic N) is 1. The number of amides is 1. The molecule has 1 heterocycles. The highest BCUT2D eigenvalue weighted by Gasteiger charge is 2.22. The number of benzene rings is 2. The summed E-state index contributed by atoms with van der Waals surface area (Å²) in [5.41, 5.74) is 1.93. The highest BCUT2D eigenvalue weighted by molar-refractivity contribution is 7.99. The van der Waals surface area contributed by atoms with E-state index in [9.17, 15) is 9.90 Å². The molecule has 2 N–H and O–H groups in total. The predicted octanol–water partition coefficient (Wildman–Crippen LogP) is 2.34. The van der Waals surface area contributed by atoms with Gasteiger partial charge in [0.2, 0.25) is 6.41 Å². The van der Waals surface area contributed by atoms with Crippen molar-refractivity contribution < 1.29 is 19.4 Å². The molecule has 0 aliphatic carbocycles. The lowest BCUT2D eigenvalue weighted by molar-refractivity contribution is -0.107. The van der Waals surface area contributed by atoms with Gasteiger partial charge in [-0.2, -0.15) is 0 Å². The summed E-state index contributed by atoms with van der Waals surface area (Å²) < 4.78 is 11.1. The first-order chi connectivity index (χ1) is 13.7. The van der Waals surface area contributed by atoms with Gasteiger partial charge in [0.1, 0.15) is 24.2 Å². The van der Waals surface area contributed by atoms with Crippen LogP contribution in [-0.4, -0.2) is 56.7 Å². The molecule has 0 aromatic heterocycles. The number of hydrogen-bond acceptors (Lipinski definition) is 6. The summed E-state index contributed by atoms with van der Waals surface area (Å²) in [6, 6.07) is 13.6. The highest BCUT2D eigenvalue weighted by atomic mass is 32.2. The second kappa shape index (κ2) is 10.4. The van der Waals surface area contributed by atoms with Crippen LogP contribution in [0.2, 0.25) is 0 Å². The van der Waals surface area contributed by atoms with Gasteiger partial charge in [-0.25, -0.2) is 0 Å². The monoisotopic (exact) mass is 402 g/mol. The maximum Gasteiger partial charge on any atom is 0.214 e. The number of aliphatic hydroxyl groups excluding tert-OH is 1. The number of hydrogen-bond donors (Lipinski definition) is 2. The third-order valence-electron chi connectivity index (χ3n) is 4.56. The van der Waals surface area contributed by atoms with E-state index in [-0.39, 0.29) is 6.61 Å². The van der Waals surface area contributed by atoms with Gasteiger partial charge in [-0.15, -0.1) is 11.8 Å². The van der Waals surface area contributed by atoms with Gasteiger partial charge < -0.3 is 24.8 Å². The van der Waals surface area contributed by atoms with Crippen molar-refractivity contribution >= 4 is 23.9 Å². The van der Waals surface area contributed by atoms with Gasteiger partial charge in [-0.3, -0.25) is 4.79 Å². The number of para-hydroxylation sites is 1. The number of anilines is 1. The Hall–Kier alpha value is -2.22. The minimum Gasteiger partial charge on any atom is -0.496 e. The lowest BCUT2D eigenvalue weighted by Crippen LogP contribution is -2.32. The molecule has 150 valence electrons. The number of thioether (sulfide) groups is 1. The van der Waals surface area contributed by atoms with Crippen LogP contribution in [0.1, 0.15) is 5.56 Å². The Labute approximate surface area is 169 Å². The summed E-state index contributed by atoms with van der Waals surface area (Å²) in [7, 11) is 1.67. The number of nitrogens with one attached hydrogen (secondary N) is 1. The van der Waals surface area contributed by atoms with E-state index in [1.165, 1.54) is 0 Å². The molecule has 0 saturated carbocycles. The molecule has 0 saturated heterocycles. The Kier molecular flexibility index (Phi) is 7.59. The van der Waals surface area contributed by atoms with E-state index in [0.717, 1.165) is 52.8 Å². The first kappa shape index (κ1) is 20.5. The molecule has 0 bridgehead atoms. The zero-order chi connectivity index (χ0) is 19.8. The zero-order valence-corrected chi connectivity index (χ0v) is 16.8. The largest absolute Gasteiger partial charge is 0.496 e. The van der Waals surface area contributed by atoms with E-state index < -0.39 is 6.10 Å². The van der Waals surface area contributed by atoms with Crippen LogP contribution in [-0.2, 0) is 11.2 Å². The molecule has 1 aliphatic rings. The van der Waals surface area contributed by atoms with Crippen molar-refractivity contribution in [3.63, 3.8) is 0 Å². The first-order valence-electron chi connectivity index (χ1n) is 9.34. The van der Waals surface area contributed by atoms with Crippen LogP contribution in [0.15, 0.2) is 47.4 Å². The summed E-state index contributed by atoms with van der Waals surface area (Å²) in [6.45, 7) is 2.12. The number of methoxy groups -OCH3 is 1. The Morgan fingerprint density at radius 3 is 2.89 bits per heavy atom. The standard InChI is InChI=1S/C21H26N2O4S/c1-26-20-6-2-3-8-21(20)28-12-10-22-13-16(25)14-27-19-7-4-5-18-17(19)9-11-23(18)15-24/h2-8,15-16,22,25H,9-14H2,1H3. The van der Waals surface area contributed by atoms with Crippen molar-refractivity contribution in [1.29, 1.82) is 0 Å². The Morgan fingerprint density at radius 2 is 2.07 bits per heavy atom. The van der Waals surface area contributed by atoms with E-state index in [0.29, 0.717) is 13.1 Å². The number of aliphatic hydroxyl groups is 1. The predicted molar refractivity (Wildman–Crippen MR) is 112 cm³/mol. The number of fused-ring (bicyclic) bond motifs is 1. The van der Waals surface area contributed by atoms with E-state index in [1.807, 2.05) is 42.5 Å². The first-order valence-corrected chi connectivity index (χ1v) is 10.3. The van der Waals surface area contributed by atoms with Gasteiger partial charge in [0.15, 0.2) is 0 Å². The molecule has 0 radical (unpaired) electrons. The summed E-state index contributed by atoms with van der Waals surface area (Å²) in [5, 5.41) is 13.4. The van der Waals surface area contributed by atoms with Crippen molar-refractivity contribution in [3.8, 4) is 11.5 Å². The maximum absolute atomic E-state index is 11.1. The zero-order valence-electron chi connectivity index (χ0n) is 16.0. The molecule has 1 aliphatic heterocycles. The van der Waals surface area contributed by atoms with Crippen LogP contribution < -0.4 is 19.7 Å². The number of carbonyl (C=O) groups excluding carboxylic acids is 1. The van der Waals surface area contributed by atoms with E-state index in [2.05, 4.69) is 5.32 Å². The van der Waals surface area contributed by atoms with Gasteiger partial charge in [-0.05, 0) is 30.7 Å². The van der Waals surface area contributed by atoms with Crippen molar-refractivity contribution in [1.82, 2.24) is 5.32 Å². The van der Waals surface area contributed by atoms with Crippen molar-refractivity contribution in [2.45, 2.75) is 17.4 Å². The second-order valence-corrected chi connectivity index (χ2v) is 7.61. The fourth-order valence-corrected chi connectivity index (χ4v) is 4.09. The van der Waals surface area contributed by atoms with Crippen LogP contribution in [0.25, 0.3) is 0 Å². The average Bonchev–Trinajstić information content (AvgIpc) is 3.16. The van der Waals surface area contributed by atoms with Gasteiger partial charge in [-0.1, -0.05) is 18.2 Å². The fourth-order valence-electron chi connectivity index (χ4n) is 3.16. The smallest absolute Gasteiger partial charge is 0.214 e. The lowest BCUT2D eigenvalue weighted by atomic mass is 10.1. The van der Waals surface area contributed by atoms with Gasteiger partial charge in [0.05, 0.1) is 12.8 Å². The van der Waals surface area contributed by atoms with Gasteiger partial charge in [0.25, 0.3) is 0 Å². The SMILES string of the molecule is COc1ccccc1SCCNCC(O)COc1cccc2c1CCN2C=O. The quantitative estimate of drug-likeness (QED) is 0.342. The van der Waals surface area contributed by atoms with Crippen molar-refractivity contribution in [3.05, 3.63) is 48.0 Å². The molecular weight excluding hydrogens is 376 g/mol. The van der Waals surface area contributed by atoms with Crippen molar-refractivity contribution in [2.75, 3.05) is 44.0 Å². The average molecular weight is 403 g/mol. The Balaban J connectivity index is 1.37. The maximum atomic E-state index is 11.1. The minimum atomic E-state index is -0.601. The molecule has 6 nitrogen and oxygen atoms in total. The summed E-state index contributed by atoms with van der Waals surface area (Å²) in [5.74, 6) is 2.50. The molecule has 1 unspecified atom stereocenters. The minimum absolute atomic E-state index is 0.212. The van der Waals surface area contributed by atoms with Crippen LogP contribution in [0.3, 0.4) is 0 Å². The summed E-state index contributed by atoms with van der Waals surface area (Å²) in [4.78, 5) is 13.9. The molecule has 0 fully saturated rings. The van der Waals surface area contributed by atoms with Gasteiger partial charge in [0, 0.05) is 35.8 Å². The number of carbonyl (C=O) groups is 1. The van der Waals surface area contributed by atoms with Crippen LogP contribution in [0, 0.1) is 0 Å². The lowest BCUT2D eigenvalue weighted by Gasteiger charge is -2.16. The number of ether oxygens (including phenoxy) is 2. The van der Waals surface area contributed by atoms with Crippen molar-refractivity contribution in [2.24, 2.45) is 0 Å². The molecular formula is C21H26N2O4S. The fraction of sp³-hybridized carbons (Fsp3) is 0.381. The third-order valence-corrected chi connectivity index (χ3v) is 5.62. The molecule has 0 spiro atoms. The van der Waals surface area contributed by atoms with Gasteiger partial charge >= 0.3 is 0 Å². The molecule has 2 aromatic rings. The molecule has 1 atom stereocenters. The van der Waals surface area contributed by atoms with Crippen LogP contribution in [0.4, 0.5) is 5.69 Å². The topological polar surface area (TPSA) is 71.0 Å². The molecule has 28 heavy (non-hydrogen) atoms. The van der Waals surface area contributed by atoms with E-state index in [1.54, 1.807) is 23.8 Å². The van der Waals surface area contributed by atoms with E-state index in [4.69, 9.17) is 9.47 Å². The summed E-state index contributed by atoms with van der Waals surface area (Å²) >= 11 is 1.72. The second-order valence-electron chi connectivity index (χ2n) is 6.47. The summed E-state index contributed by atoms with van der Waals surface area (Å²) in [6.07, 6.45) is 1.02. The van der Waals surface area contributed by atoms with Crippen LogP contribution >= 0.6 is 11.8 Å². The Morgan fingerprint density at radius 1 is 1.25 bits per heavy atom.